The van der Waals surface area contributed by atoms with E-state index < -0.39 is 0 Å². The zero-order valence-corrected chi connectivity index (χ0v) is 11.5. The molecule has 0 radical (unpaired) electrons. The van der Waals surface area contributed by atoms with E-state index in [1.807, 2.05) is 0 Å². The molecule has 0 aliphatic carbocycles. The minimum absolute atomic E-state index is 0.0232. The summed E-state index contributed by atoms with van der Waals surface area (Å²) in [6.45, 7) is 3.97. The lowest BCUT2D eigenvalue weighted by Crippen LogP contribution is -2.01. The molecule has 0 aromatic heterocycles. The molecule has 1 aromatic carbocycles. The lowest BCUT2D eigenvalue weighted by Gasteiger charge is -2.14. The summed E-state index contributed by atoms with van der Waals surface area (Å²) >= 11 is 0. The lowest BCUT2D eigenvalue weighted by atomic mass is 10.0. The van der Waals surface area contributed by atoms with Crippen LogP contribution >= 0.6 is 0 Å². The van der Waals surface area contributed by atoms with E-state index in [1.165, 1.54) is 7.11 Å². The van der Waals surface area contributed by atoms with Crippen LogP contribution in [0.1, 0.15) is 32.3 Å². The Morgan fingerprint density at radius 1 is 1.26 bits per heavy atom. The molecule has 0 bridgehead atoms. The van der Waals surface area contributed by atoms with Gasteiger partial charge in [0.15, 0.2) is 11.5 Å². The van der Waals surface area contributed by atoms with Crippen molar-refractivity contribution in [2.24, 2.45) is 0 Å². The highest BCUT2D eigenvalue weighted by Gasteiger charge is 2.19. The van der Waals surface area contributed by atoms with Gasteiger partial charge in [0.1, 0.15) is 5.78 Å². The van der Waals surface area contributed by atoms with Crippen molar-refractivity contribution in [3.8, 4) is 23.0 Å². The van der Waals surface area contributed by atoms with Crippen molar-refractivity contribution in [2.75, 3.05) is 13.7 Å². The van der Waals surface area contributed by atoms with E-state index in [0.717, 1.165) is 0 Å². The second-order valence-corrected chi connectivity index (χ2v) is 4.09. The van der Waals surface area contributed by atoms with Gasteiger partial charge in [0.2, 0.25) is 11.5 Å². The number of ether oxygens (including phenoxy) is 2. The van der Waals surface area contributed by atoms with Crippen molar-refractivity contribution in [1.82, 2.24) is 0 Å². The van der Waals surface area contributed by atoms with Crippen LogP contribution in [0.5, 0.6) is 23.0 Å². The molecule has 0 saturated heterocycles. The third-order valence-electron chi connectivity index (χ3n) is 2.84. The Morgan fingerprint density at radius 2 is 1.95 bits per heavy atom. The van der Waals surface area contributed by atoms with Crippen molar-refractivity contribution in [2.45, 2.75) is 33.1 Å². The number of carbonyl (C=O) groups excluding carboxylic acids is 1. The van der Waals surface area contributed by atoms with Crippen LogP contribution < -0.4 is 9.47 Å². The first-order chi connectivity index (χ1) is 9.04. The standard InChI is InChI=1S/C14H20O5/c1-4-10(15)7-6-9-8-11(19-5-2)13(17)14(18-3)12(9)16/h8,16-17H,4-7H2,1-3H3. The van der Waals surface area contributed by atoms with Gasteiger partial charge in [0.25, 0.3) is 0 Å². The molecule has 5 nitrogen and oxygen atoms in total. The molecule has 0 spiro atoms. The molecule has 0 atom stereocenters. The fourth-order valence-electron chi connectivity index (χ4n) is 1.77. The van der Waals surface area contributed by atoms with Crippen LogP contribution in [0.25, 0.3) is 0 Å². The van der Waals surface area contributed by atoms with Crippen molar-refractivity contribution in [3.05, 3.63) is 11.6 Å². The monoisotopic (exact) mass is 268 g/mol. The minimum atomic E-state index is -0.229. The quantitative estimate of drug-likeness (QED) is 0.794. The predicted molar refractivity (Wildman–Crippen MR) is 71.1 cm³/mol. The Labute approximate surface area is 112 Å². The van der Waals surface area contributed by atoms with Gasteiger partial charge in [-0.25, -0.2) is 0 Å². The normalized spacial score (nSPS) is 10.3. The molecule has 0 fully saturated rings. The van der Waals surface area contributed by atoms with Gasteiger partial charge in [-0.15, -0.1) is 0 Å². The highest BCUT2D eigenvalue weighted by molar-refractivity contribution is 5.78. The van der Waals surface area contributed by atoms with Gasteiger partial charge < -0.3 is 19.7 Å². The number of aromatic hydroxyl groups is 2. The van der Waals surface area contributed by atoms with E-state index in [-0.39, 0.29) is 28.8 Å². The van der Waals surface area contributed by atoms with Crippen LogP contribution in [0.2, 0.25) is 0 Å². The molecule has 2 N–H and O–H groups in total. The van der Waals surface area contributed by atoms with Gasteiger partial charge in [-0.05, 0) is 19.4 Å². The summed E-state index contributed by atoms with van der Waals surface area (Å²) in [4.78, 5) is 11.3. The first-order valence-corrected chi connectivity index (χ1v) is 6.31. The maximum absolute atomic E-state index is 11.3. The SMILES string of the molecule is CCOc1cc(CCC(=O)CC)c(O)c(OC)c1O. The number of Topliss-reactive ketones (excluding diaryl/α,β-unsaturated/α-hetero) is 1. The molecule has 0 unspecified atom stereocenters. The van der Waals surface area contributed by atoms with E-state index in [9.17, 15) is 15.0 Å². The molecule has 0 aliphatic rings. The Hall–Kier alpha value is -1.91. The highest BCUT2D eigenvalue weighted by Crippen LogP contribution is 2.45. The number of aryl methyl sites for hydroxylation is 1. The number of hydrogen-bond acceptors (Lipinski definition) is 5. The van der Waals surface area contributed by atoms with Gasteiger partial charge in [-0.1, -0.05) is 6.92 Å². The Bertz CT molecular complexity index is 454. The van der Waals surface area contributed by atoms with Crippen molar-refractivity contribution in [1.29, 1.82) is 0 Å². The number of carbonyl (C=O) groups is 1. The molecule has 1 aromatic rings. The molecule has 0 heterocycles. The van der Waals surface area contributed by atoms with Gasteiger partial charge in [-0.2, -0.15) is 0 Å². The molecule has 19 heavy (non-hydrogen) atoms. The third-order valence-corrected chi connectivity index (χ3v) is 2.84. The number of phenolic OH excluding ortho intramolecular Hbond substituents is 2. The van der Waals surface area contributed by atoms with E-state index in [2.05, 4.69) is 0 Å². The van der Waals surface area contributed by atoms with Crippen molar-refractivity contribution < 1.29 is 24.5 Å². The van der Waals surface area contributed by atoms with Crippen molar-refractivity contribution >= 4 is 5.78 Å². The zero-order chi connectivity index (χ0) is 14.4. The minimum Gasteiger partial charge on any atom is -0.504 e. The van der Waals surface area contributed by atoms with Crippen LogP contribution in [-0.2, 0) is 11.2 Å². The average molecular weight is 268 g/mol. The Morgan fingerprint density at radius 3 is 2.47 bits per heavy atom. The molecule has 0 saturated carbocycles. The smallest absolute Gasteiger partial charge is 0.207 e. The molecular formula is C14H20O5. The summed E-state index contributed by atoms with van der Waals surface area (Å²) in [5, 5.41) is 19.9. The maximum atomic E-state index is 11.3. The van der Waals surface area contributed by atoms with E-state index >= 15 is 0 Å². The first-order valence-electron chi connectivity index (χ1n) is 6.31. The number of ketones is 1. The third kappa shape index (κ3) is 3.53. The lowest BCUT2D eigenvalue weighted by molar-refractivity contribution is -0.118. The summed E-state index contributed by atoms with van der Waals surface area (Å²) in [6, 6.07) is 1.54. The van der Waals surface area contributed by atoms with Gasteiger partial charge in [0.05, 0.1) is 13.7 Å². The summed E-state index contributed by atoms with van der Waals surface area (Å²) in [7, 11) is 1.35. The number of benzene rings is 1. The Kier molecular flexibility index (Phi) is 5.48. The number of phenols is 2. The molecule has 106 valence electrons. The topological polar surface area (TPSA) is 76.0 Å². The number of methoxy groups -OCH3 is 1. The summed E-state index contributed by atoms with van der Waals surface area (Å²) in [6.07, 6.45) is 1.19. The highest BCUT2D eigenvalue weighted by atomic mass is 16.5. The van der Waals surface area contributed by atoms with E-state index in [0.29, 0.717) is 31.4 Å². The Balaban J connectivity index is 3.09. The predicted octanol–water partition coefficient (Wildman–Crippen LogP) is 2.42. The fourth-order valence-corrected chi connectivity index (χ4v) is 1.77. The van der Waals surface area contributed by atoms with Crippen LogP contribution in [0.4, 0.5) is 0 Å². The maximum Gasteiger partial charge on any atom is 0.207 e. The molecule has 5 heteroatoms. The van der Waals surface area contributed by atoms with Gasteiger partial charge >= 0.3 is 0 Å². The first kappa shape index (κ1) is 15.1. The molecular weight excluding hydrogens is 248 g/mol. The molecule has 1 rings (SSSR count). The van der Waals surface area contributed by atoms with Gasteiger partial charge in [0, 0.05) is 18.4 Å². The van der Waals surface area contributed by atoms with Crippen LogP contribution in [0, 0.1) is 0 Å². The average Bonchev–Trinajstić information content (AvgIpc) is 2.41. The molecule has 0 amide bonds. The van der Waals surface area contributed by atoms with E-state index in [4.69, 9.17) is 9.47 Å². The van der Waals surface area contributed by atoms with Crippen molar-refractivity contribution in [3.63, 3.8) is 0 Å². The van der Waals surface area contributed by atoms with Gasteiger partial charge in [-0.3, -0.25) is 4.79 Å². The zero-order valence-electron chi connectivity index (χ0n) is 11.5. The van der Waals surface area contributed by atoms with E-state index in [1.54, 1.807) is 19.9 Å². The largest absolute Gasteiger partial charge is 0.504 e. The number of rotatable bonds is 7. The summed E-state index contributed by atoms with van der Waals surface area (Å²) in [5.74, 6) is -0.0369. The van der Waals surface area contributed by atoms with Crippen LogP contribution in [0.15, 0.2) is 6.07 Å². The number of hydrogen-bond donors (Lipinski definition) is 2. The fraction of sp³-hybridized carbons (Fsp3) is 0.500. The molecule has 0 aliphatic heterocycles. The second kappa shape index (κ2) is 6.87. The van der Waals surface area contributed by atoms with Crippen LogP contribution in [-0.4, -0.2) is 29.7 Å². The van der Waals surface area contributed by atoms with Crippen LogP contribution in [0.3, 0.4) is 0 Å². The summed E-state index contributed by atoms with van der Waals surface area (Å²) < 4.78 is 10.3. The summed E-state index contributed by atoms with van der Waals surface area (Å²) in [5.41, 5.74) is 0.528. The second-order valence-electron chi connectivity index (χ2n) is 4.09.